The molecular weight excluding hydrogens is 548 g/mol. The van der Waals surface area contributed by atoms with Gasteiger partial charge in [0.15, 0.2) is 0 Å². The first-order chi connectivity index (χ1) is 21.0. The summed E-state index contributed by atoms with van der Waals surface area (Å²) in [5, 5.41) is 12.8. The third-order valence-corrected chi connectivity index (χ3v) is 8.05. The van der Waals surface area contributed by atoms with E-state index >= 15 is 0 Å². The Morgan fingerprint density at radius 3 is 2.70 bits per heavy atom. The van der Waals surface area contributed by atoms with Gasteiger partial charge in [0.1, 0.15) is 28.7 Å². The maximum atomic E-state index is 14.2. The van der Waals surface area contributed by atoms with Gasteiger partial charge in [-0.2, -0.15) is 0 Å². The van der Waals surface area contributed by atoms with Gasteiger partial charge in [0.25, 0.3) is 5.91 Å². The SMILES string of the molecule is COc1cccc(CCN(C(=O)c2cc3ccccc3oc2=O)C2C=C(C(=O)NCCO)C3c4ccccc4OC3C2)c1. The van der Waals surface area contributed by atoms with Crippen LogP contribution in [-0.2, 0) is 11.2 Å². The molecule has 0 saturated heterocycles. The molecule has 2 N–H and O–H groups in total. The molecule has 3 aromatic carbocycles. The molecule has 1 aromatic heterocycles. The summed E-state index contributed by atoms with van der Waals surface area (Å²) in [7, 11) is 1.60. The summed E-state index contributed by atoms with van der Waals surface area (Å²) in [5.74, 6) is 0.244. The van der Waals surface area contributed by atoms with Crippen molar-refractivity contribution in [2.45, 2.75) is 30.9 Å². The number of carbonyl (C=O) groups excluding carboxylic acids is 2. The Bertz CT molecular complexity index is 1760. The zero-order chi connectivity index (χ0) is 29.9. The number of rotatable bonds is 9. The predicted octanol–water partition coefficient (Wildman–Crippen LogP) is 3.84. The van der Waals surface area contributed by atoms with Gasteiger partial charge in [-0.3, -0.25) is 9.59 Å². The number of nitrogens with zero attached hydrogens (tertiary/aromatic N) is 1. The quantitative estimate of drug-likeness (QED) is 0.289. The zero-order valence-corrected chi connectivity index (χ0v) is 23.7. The standard InChI is InChI=1S/C34H32N2O7/c1-41-24-9-6-7-21(17-24)13-15-36(33(39)27-18-22-8-2-4-11-28(22)43-34(27)40)23-19-26(32(38)35-14-16-37)31-25-10-3-5-12-29(25)42-30(31)20-23/h2-12,17-19,23,30-31,37H,13-16,20H2,1H3,(H,35,38). The number of hydrogen-bond acceptors (Lipinski definition) is 7. The molecule has 1 aliphatic carbocycles. The minimum absolute atomic E-state index is 0.0817. The Labute approximate surface area is 248 Å². The Morgan fingerprint density at radius 2 is 1.86 bits per heavy atom. The molecule has 2 aliphatic rings. The van der Waals surface area contributed by atoms with Crippen LogP contribution in [0.15, 0.2) is 99.7 Å². The van der Waals surface area contributed by atoms with Gasteiger partial charge >= 0.3 is 5.63 Å². The molecule has 3 unspecified atom stereocenters. The van der Waals surface area contributed by atoms with Crippen molar-refractivity contribution in [3.8, 4) is 11.5 Å². The van der Waals surface area contributed by atoms with Crippen molar-refractivity contribution >= 4 is 22.8 Å². The molecule has 9 nitrogen and oxygen atoms in total. The van der Waals surface area contributed by atoms with Crippen LogP contribution in [0.25, 0.3) is 11.0 Å². The van der Waals surface area contributed by atoms with Gasteiger partial charge in [0, 0.05) is 36.0 Å². The number of aliphatic hydroxyl groups is 1. The first kappa shape index (κ1) is 28.2. The van der Waals surface area contributed by atoms with Gasteiger partial charge in [0.2, 0.25) is 5.91 Å². The molecule has 220 valence electrons. The van der Waals surface area contributed by atoms with Crippen LogP contribution in [0.5, 0.6) is 11.5 Å². The smallest absolute Gasteiger partial charge is 0.349 e. The number of para-hydroxylation sites is 2. The lowest BCUT2D eigenvalue weighted by Crippen LogP contribution is -2.48. The molecular formula is C34H32N2O7. The number of amides is 2. The second-order valence-electron chi connectivity index (χ2n) is 10.7. The number of nitrogens with one attached hydrogen (secondary N) is 1. The molecule has 2 heterocycles. The van der Waals surface area contributed by atoms with Crippen LogP contribution in [0.4, 0.5) is 0 Å². The van der Waals surface area contributed by atoms with E-state index < -0.39 is 23.7 Å². The summed E-state index contributed by atoms with van der Waals surface area (Å²) in [4.78, 5) is 42.4. The lowest BCUT2D eigenvalue weighted by molar-refractivity contribution is -0.118. The highest BCUT2D eigenvalue weighted by atomic mass is 16.5. The fraction of sp³-hybridized carbons (Fsp3) is 0.265. The topological polar surface area (TPSA) is 118 Å². The second kappa shape index (κ2) is 12.1. The van der Waals surface area contributed by atoms with Gasteiger partial charge in [-0.1, -0.05) is 54.6 Å². The maximum Gasteiger partial charge on any atom is 0.349 e. The lowest BCUT2D eigenvalue weighted by atomic mass is 9.79. The van der Waals surface area contributed by atoms with Crippen LogP contribution in [0.1, 0.15) is 33.8 Å². The van der Waals surface area contributed by atoms with E-state index in [-0.39, 0.29) is 37.1 Å². The molecule has 4 aromatic rings. The molecule has 3 atom stereocenters. The summed E-state index contributed by atoms with van der Waals surface area (Å²) in [5.41, 5.74) is 1.91. The average Bonchev–Trinajstić information content (AvgIpc) is 3.41. The minimum atomic E-state index is -0.724. The number of hydrogen-bond donors (Lipinski definition) is 2. The number of benzene rings is 3. The monoisotopic (exact) mass is 580 g/mol. The van der Waals surface area contributed by atoms with E-state index in [0.29, 0.717) is 40.9 Å². The third-order valence-electron chi connectivity index (χ3n) is 8.05. The molecule has 0 radical (unpaired) electrons. The Morgan fingerprint density at radius 1 is 1.05 bits per heavy atom. The van der Waals surface area contributed by atoms with E-state index in [4.69, 9.17) is 13.9 Å². The normalized spacial score (nSPS) is 18.7. The van der Waals surface area contributed by atoms with Crippen LogP contribution < -0.4 is 20.4 Å². The summed E-state index contributed by atoms with van der Waals surface area (Å²) in [6.45, 7) is 0.152. The molecule has 0 spiro atoms. The van der Waals surface area contributed by atoms with Crippen molar-refractivity contribution in [2.75, 3.05) is 26.8 Å². The van der Waals surface area contributed by atoms with Crippen molar-refractivity contribution in [3.63, 3.8) is 0 Å². The summed E-state index contributed by atoms with van der Waals surface area (Å²) >= 11 is 0. The number of methoxy groups -OCH3 is 1. The molecule has 0 saturated carbocycles. The molecule has 43 heavy (non-hydrogen) atoms. The van der Waals surface area contributed by atoms with Crippen molar-refractivity contribution < 1.29 is 28.6 Å². The largest absolute Gasteiger partial charge is 0.497 e. The van der Waals surface area contributed by atoms with E-state index in [1.807, 2.05) is 60.7 Å². The molecule has 6 rings (SSSR count). The average molecular weight is 581 g/mol. The van der Waals surface area contributed by atoms with Crippen LogP contribution in [0.2, 0.25) is 0 Å². The Hall–Kier alpha value is -4.89. The maximum absolute atomic E-state index is 14.2. The van der Waals surface area contributed by atoms with Gasteiger partial charge in [0.05, 0.1) is 25.7 Å². The molecule has 9 heteroatoms. The molecule has 0 fully saturated rings. The van der Waals surface area contributed by atoms with Crippen LogP contribution in [-0.4, -0.2) is 60.8 Å². The van der Waals surface area contributed by atoms with Crippen molar-refractivity contribution in [3.05, 3.63) is 118 Å². The van der Waals surface area contributed by atoms with Crippen molar-refractivity contribution in [1.82, 2.24) is 10.2 Å². The summed E-state index contributed by atoms with van der Waals surface area (Å²) in [6, 6.07) is 23.2. The number of carbonyl (C=O) groups is 2. The van der Waals surface area contributed by atoms with Crippen LogP contribution >= 0.6 is 0 Å². The fourth-order valence-electron chi connectivity index (χ4n) is 6.01. The van der Waals surface area contributed by atoms with E-state index in [9.17, 15) is 19.5 Å². The number of fused-ring (bicyclic) bond motifs is 4. The Balaban J connectivity index is 1.40. The minimum Gasteiger partial charge on any atom is -0.497 e. The summed E-state index contributed by atoms with van der Waals surface area (Å²) < 4.78 is 17.2. The third kappa shape index (κ3) is 5.63. The van der Waals surface area contributed by atoms with Crippen LogP contribution in [0, 0.1) is 0 Å². The Kier molecular flexibility index (Phi) is 7.98. The zero-order valence-electron chi connectivity index (χ0n) is 23.7. The van der Waals surface area contributed by atoms with E-state index in [2.05, 4.69) is 5.32 Å². The summed E-state index contributed by atoms with van der Waals surface area (Å²) in [6.07, 6.45) is 2.31. The first-order valence-corrected chi connectivity index (χ1v) is 14.3. The van der Waals surface area contributed by atoms with Gasteiger partial charge < -0.3 is 29.2 Å². The van der Waals surface area contributed by atoms with Crippen molar-refractivity contribution in [1.29, 1.82) is 0 Å². The molecule has 0 bridgehead atoms. The number of aliphatic hydroxyl groups excluding tert-OH is 1. The fourth-order valence-corrected chi connectivity index (χ4v) is 6.01. The molecule has 2 amide bonds. The van der Waals surface area contributed by atoms with Gasteiger partial charge in [-0.25, -0.2) is 4.79 Å². The van der Waals surface area contributed by atoms with Crippen LogP contribution in [0.3, 0.4) is 0 Å². The second-order valence-corrected chi connectivity index (χ2v) is 10.7. The predicted molar refractivity (Wildman–Crippen MR) is 160 cm³/mol. The molecule has 1 aliphatic heterocycles. The van der Waals surface area contributed by atoms with Gasteiger partial charge in [-0.05, 0) is 42.3 Å². The first-order valence-electron chi connectivity index (χ1n) is 14.3. The highest BCUT2D eigenvalue weighted by Crippen LogP contribution is 2.47. The van der Waals surface area contributed by atoms with E-state index in [1.165, 1.54) is 0 Å². The van der Waals surface area contributed by atoms with E-state index in [0.717, 1.165) is 11.1 Å². The van der Waals surface area contributed by atoms with Gasteiger partial charge in [-0.15, -0.1) is 0 Å². The van der Waals surface area contributed by atoms with Crippen molar-refractivity contribution in [2.24, 2.45) is 0 Å². The number of ether oxygens (including phenoxy) is 2. The lowest BCUT2D eigenvalue weighted by Gasteiger charge is -2.37. The highest BCUT2D eigenvalue weighted by Gasteiger charge is 2.45. The highest BCUT2D eigenvalue weighted by molar-refractivity contribution is 5.98. The van der Waals surface area contributed by atoms with E-state index in [1.54, 1.807) is 36.3 Å².